The lowest BCUT2D eigenvalue weighted by atomic mass is 10.0. The van der Waals surface area contributed by atoms with Crippen LogP contribution in [0.5, 0.6) is 5.75 Å². The fourth-order valence-corrected chi connectivity index (χ4v) is 5.98. The SMILES string of the molecule is CCS(=O)(=O)c1c(CNC(=O)c2cc(Cl)c(CN3CCCCC3)c(C(F)(F)F)c2)cc(Cl)cc1OC. The Balaban J connectivity index is 1.92. The lowest BCUT2D eigenvalue weighted by Gasteiger charge is -2.28. The number of hydrogen-bond acceptors (Lipinski definition) is 5. The zero-order chi connectivity index (χ0) is 26.7. The molecule has 1 aliphatic rings. The quantitative estimate of drug-likeness (QED) is 0.441. The Morgan fingerprint density at radius 2 is 1.78 bits per heavy atom. The number of alkyl halides is 3. The van der Waals surface area contributed by atoms with Gasteiger partial charge in [0, 0.05) is 34.8 Å². The predicted molar refractivity (Wildman–Crippen MR) is 132 cm³/mol. The molecule has 0 aromatic heterocycles. The van der Waals surface area contributed by atoms with Crippen molar-refractivity contribution in [2.24, 2.45) is 0 Å². The second-order valence-electron chi connectivity index (χ2n) is 8.50. The van der Waals surface area contributed by atoms with Gasteiger partial charge in [0.25, 0.3) is 5.91 Å². The molecule has 36 heavy (non-hydrogen) atoms. The molecule has 2 aromatic carbocycles. The van der Waals surface area contributed by atoms with Gasteiger partial charge in [-0.15, -0.1) is 0 Å². The third-order valence-electron chi connectivity index (χ3n) is 6.04. The molecule has 0 radical (unpaired) electrons. The molecular weight excluding hydrogens is 540 g/mol. The summed E-state index contributed by atoms with van der Waals surface area (Å²) in [5, 5.41) is 2.51. The molecule has 6 nitrogen and oxygen atoms in total. The topological polar surface area (TPSA) is 75.7 Å². The maximum atomic E-state index is 13.9. The van der Waals surface area contributed by atoms with Crippen LogP contribution in [0, 0.1) is 0 Å². The lowest BCUT2D eigenvalue weighted by molar-refractivity contribution is -0.138. The molecule has 3 rings (SSSR count). The highest BCUT2D eigenvalue weighted by Gasteiger charge is 2.36. The lowest BCUT2D eigenvalue weighted by Crippen LogP contribution is -2.30. The minimum absolute atomic E-state index is 0.0121. The van der Waals surface area contributed by atoms with Gasteiger partial charge in [0.15, 0.2) is 9.84 Å². The number of nitrogens with one attached hydrogen (secondary N) is 1. The number of likely N-dealkylation sites (tertiary alicyclic amines) is 1. The number of hydrogen-bond donors (Lipinski definition) is 1. The van der Waals surface area contributed by atoms with Crippen molar-refractivity contribution in [1.29, 1.82) is 0 Å². The standard InChI is InChI=1S/C24H27Cl2F3N2O4S/c1-3-36(33,34)22-16(9-17(25)12-21(22)35-2)13-30-23(32)15-10-19(24(27,28)29)18(20(26)11-15)14-31-7-5-4-6-8-31/h9-12H,3-8,13-14H2,1-2H3,(H,30,32). The summed E-state index contributed by atoms with van der Waals surface area (Å²) >= 11 is 12.3. The molecule has 0 unspecified atom stereocenters. The Hall–Kier alpha value is -2.01. The number of benzene rings is 2. The van der Waals surface area contributed by atoms with E-state index >= 15 is 0 Å². The van der Waals surface area contributed by atoms with E-state index in [1.54, 1.807) is 0 Å². The van der Waals surface area contributed by atoms with Gasteiger partial charge >= 0.3 is 6.18 Å². The first-order chi connectivity index (χ1) is 16.9. The number of piperidine rings is 1. The number of rotatable bonds is 8. The van der Waals surface area contributed by atoms with Gasteiger partial charge in [0.2, 0.25) is 0 Å². The van der Waals surface area contributed by atoms with Crippen LogP contribution < -0.4 is 10.1 Å². The third kappa shape index (κ3) is 6.65. The van der Waals surface area contributed by atoms with E-state index in [4.69, 9.17) is 27.9 Å². The second-order valence-corrected chi connectivity index (χ2v) is 11.6. The van der Waals surface area contributed by atoms with Gasteiger partial charge in [-0.25, -0.2) is 8.42 Å². The van der Waals surface area contributed by atoms with E-state index in [-0.39, 0.29) is 56.2 Å². The van der Waals surface area contributed by atoms with Crippen LogP contribution in [0.4, 0.5) is 13.2 Å². The van der Waals surface area contributed by atoms with Crippen molar-refractivity contribution in [1.82, 2.24) is 10.2 Å². The summed E-state index contributed by atoms with van der Waals surface area (Å²) in [4.78, 5) is 14.6. The first-order valence-corrected chi connectivity index (χ1v) is 13.8. The number of halogens is 5. The van der Waals surface area contributed by atoms with Gasteiger partial charge < -0.3 is 10.1 Å². The molecule has 2 aromatic rings. The highest BCUT2D eigenvalue weighted by molar-refractivity contribution is 7.91. The second kappa shape index (κ2) is 11.6. The number of carbonyl (C=O) groups excluding carboxylic acids is 1. The Morgan fingerprint density at radius 1 is 1.11 bits per heavy atom. The Morgan fingerprint density at radius 3 is 2.36 bits per heavy atom. The van der Waals surface area contributed by atoms with E-state index in [0.717, 1.165) is 25.3 Å². The van der Waals surface area contributed by atoms with E-state index in [9.17, 15) is 26.4 Å². The molecule has 1 fully saturated rings. The van der Waals surface area contributed by atoms with Crippen LogP contribution in [0.15, 0.2) is 29.2 Å². The molecule has 1 amide bonds. The van der Waals surface area contributed by atoms with E-state index < -0.39 is 27.5 Å². The van der Waals surface area contributed by atoms with Crippen molar-refractivity contribution in [3.63, 3.8) is 0 Å². The van der Waals surface area contributed by atoms with E-state index in [1.807, 2.05) is 4.90 Å². The van der Waals surface area contributed by atoms with Crippen LogP contribution in [-0.4, -0.2) is 45.2 Å². The van der Waals surface area contributed by atoms with Gasteiger partial charge in [-0.3, -0.25) is 9.69 Å². The normalized spacial score (nSPS) is 15.1. The van der Waals surface area contributed by atoms with E-state index in [2.05, 4.69) is 5.32 Å². The first-order valence-electron chi connectivity index (χ1n) is 11.4. The molecular formula is C24H27Cl2F3N2O4S. The number of methoxy groups -OCH3 is 1. The van der Waals surface area contributed by atoms with Crippen molar-refractivity contribution in [2.75, 3.05) is 26.0 Å². The van der Waals surface area contributed by atoms with Gasteiger partial charge in [-0.05, 0) is 55.3 Å². The molecule has 0 atom stereocenters. The number of ether oxygens (including phenoxy) is 1. The zero-order valence-electron chi connectivity index (χ0n) is 19.8. The van der Waals surface area contributed by atoms with Crippen molar-refractivity contribution in [3.8, 4) is 5.75 Å². The van der Waals surface area contributed by atoms with Gasteiger partial charge in [-0.2, -0.15) is 13.2 Å². The van der Waals surface area contributed by atoms with Crippen molar-refractivity contribution < 1.29 is 31.1 Å². The molecule has 1 N–H and O–H groups in total. The number of carbonyl (C=O) groups is 1. The molecule has 1 heterocycles. The predicted octanol–water partition coefficient (Wildman–Crippen LogP) is 5.73. The smallest absolute Gasteiger partial charge is 0.416 e. The summed E-state index contributed by atoms with van der Waals surface area (Å²) in [5.74, 6) is -1.06. The summed E-state index contributed by atoms with van der Waals surface area (Å²) in [6, 6.07) is 4.69. The Bertz CT molecular complexity index is 1230. The summed E-state index contributed by atoms with van der Waals surface area (Å²) in [6.45, 7) is 2.55. The largest absolute Gasteiger partial charge is 0.495 e. The maximum absolute atomic E-state index is 13.9. The number of nitrogens with zero attached hydrogens (tertiary/aromatic N) is 1. The summed E-state index contributed by atoms with van der Waals surface area (Å²) in [6.07, 6.45) is -1.87. The molecule has 1 saturated heterocycles. The average molecular weight is 567 g/mol. The molecule has 12 heteroatoms. The maximum Gasteiger partial charge on any atom is 0.416 e. The van der Waals surface area contributed by atoms with Gasteiger partial charge in [0.1, 0.15) is 10.6 Å². The molecule has 198 valence electrons. The Labute approximate surface area is 218 Å². The molecule has 0 spiro atoms. The van der Waals surface area contributed by atoms with Crippen LogP contribution >= 0.6 is 23.2 Å². The fraction of sp³-hybridized carbons (Fsp3) is 0.458. The fourth-order valence-electron chi connectivity index (χ4n) is 4.20. The highest BCUT2D eigenvalue weighted by Crippen LogP contribution is 2.37. The molecule has 0 bridgehead atoms. The number of sulfone groups is 1. The molecule has 0 aliphatic carbocycles. The zero-order valence-corrected chi connectivity index (χ0v) is 22.2. The minimum Gasteiger partial charge on any atom is -0.495 e. The monoisotopic (exact) mass is 566 g/mol. The van der Waals surface area contributed by atoms with Crippen LogP contribution in [0.1, 0.15) is 53.2 Å². The highest BCUT2D eigenvalue weighted by atomic mass is 35.5. The van der Waals surface area contributed by atoms with Gasteiger partial charge in [-0.1, -0.05) is 36.5 Å². The molecule has 0 saturated carbocycles. The van der Waals surface area contributed by atoms with Gasteiger partial charge in [0.05, 0.1) is 18.4 Å². The molecule has 1 aliphatic heterocycles. The number of amides is 1. The van der Waals surface area contributed by atoms with E-state index in [1.165, 1.54) is 32.2 Å². The van der Waals surface area contributed by atoms with Crippen molar-refractivity contribution >= 4 is 38.9 Å². The summed E-state index contributed by atoms with van der Waals surface area (Å²) in [5.41, 5.74) is -1.18. The van der Waals surface area contributed by atoms with Crippen molar-refractivity contribution in [3.05, 3.63) is 56.6 Å². The van der Waals surface area contributed by atoms with Crippen molar-refractivity contribution in [2.45, 2.75) is 50.3 Å². The van der Waals surface area contributed by atoms with Crippen LogP contribution in [0.25, 0.3) is 0 Å². The minimum atomic E-state index is -4.71. The Kier molecular flexibility index (Phi) is 9.19. The summed E-state index contributed by atoms with van der Waals surface area (Å²) in [7, 11) is -2.48. The average Bonchev–Trinajstić information content (AvgIpc) is 2.82. The van der Waals surface area contributed by atoms with Crippen LogP contribution in [0.2, 0.25) is 10.0 Å². The van der Waals surface area contributed by atoms with Crippen LogP contribution in [-0.2, 0) is 29.1 Å². The van der Waals surface area contributed by atoms with E-state index in [0.29, 0.717) is 13.1 Å². The first kappa shape index (κ1) is 28.6. The summed E-state index contributed by atoms with van der Waals surface area (Å²) < 4.78 is 72.2. The van der Waals surface area contributed by atoms with Crippen LogP contribution in [0.3, 0.4) is 0 Å². The third-order valence-corrected chi connectivity index (χ3v) is 8.44.